The lowest BCUT2D eigenvalue weighted by molar-refractivity contribution is 0.0745. The summed E-state index contributed by atoms with van der Waals surface area (Å²) in [5.41, 5.74) is 4.82. The minimum atomic E-state index is -3.64. The lowest BCUT2D eigenvalue weighted by Gasteiger charge is -2.28. The third kappa shape index (κ3) is 3.32. The van der Waals surface area contributed by atoms with Gasteiger partial charge in [-0.05, 0) is 12.8 Å². The topological polar surface area (TPSA) is 89.7 Å². The molecule has 1 fully saturated rings. The van der Waals surface area contributed by atoms with Crippen LogP contribution in [0.2, 0.25) is 0 Å². The van der Waals surface area contributed by atoms with Crippen molar-refractivity contribution >= 4 is 26.0 Å². The number of hydrogen-bond donors (Lipinski definition) is 1. The molecule has 0 spiro atoms. The number of rotatable bonds is 2. The monoisotopic (exact) mass is 242 g/mol. The smallest absolute Gasteiger partial charge is 0.404 e. The molecule has 14 heavy (non-hydrogen) atoms. The normalized spacial score (nSPS) is 20.6. The number of nitrogens with zero attached hydrogens (tertiary/aromatic N) is 1. The maximum atomic E-state index is 10.9. The van der Waals surface area contributed by atoms with Crippen molar-refractivity contribution in [3.63, 3.8) is 0 Å². The van der Waals surface area contributed by atoms with Crippen molar-refractivity contribution < 1.29 is 17.9 Å². The van der Waals surface area contributed by atoms with Crippen LogP contribution in [0.5, 0.6) is 0 Å². The Hall–Kier alpha value is -0.530. The highest BCUT2D eigenvalue weighted by Crippen LogP contribution is 2.18. The number of carbonyl (C=O) groups excluding carboxylic acids is 1. The van der Waals surface area contributed by atoms with Gasteiger partial charge in [0.25, 0.3) is 9.24 Å². The fourth-order valence-electron chi connectivity index (χ4n) is 1.33. The zero-order valence-corrected chi connectivity index (χ0v) is 8.92. The first kappa shape index (κ1) is 11.5. The second-order valence-electron chi connectivity index (χ2n) is 2.98. The summed E-state index contributed by atoms with van der Waals surface area (Å²) in [6, 6.07) is 0. The van der Waals surface area contributed by atoms with Crippen molar-refractivity contribution in [1.29, 1.82) is 0 Å². The van der Waals surface area contributed by atoms with Crippen molar-refractivity contribution in [3.05, 3.63) is 0 Å². The fraction of sp³-hybridized carbons (Fsp3) is 0.833. The average molecular weight is 243 g/mol. The van der Waals surface area contributed by atoms with E-state index in [0.29, 0.717) is 12.8 Å². The second kappa shape index (κ2) is 4.33. The molecule has 0 aliphatic carbocycles. The zero-order chi connectivity index (χ0) is 10.8. The molecule has 0 aromatic carbocycles. The summed E-state index contributed by atoms with van der Waals surface area (Å²) in [6.07, 6.45) is -0.289. The SMILES string of the molecule is NC(=O)OC1CCN(S(=O)(=O)Cl)CC1. The molecule has 0 unspecified atom stereocenters. The van der Waals surface area contributed by atoms with Crippen molar-refractivity contribution in [2.45, 2.75) is 18.9 Å². The van der Waals surface area contributed by atoms with Gasteiger partial charge in [0.05, 0.1) is 0 Å². The van der Waals surface area contributed by atoms with Gasteiger partial charge in [0.1, 0.15) is 6.10 Å². The van der Waals surface area contributed by atoms with Crippen LogP contribution in [-0.4, -0.2) is 38.0 Å². The molecule has 2 N–H and O–H groups in total. The first-order chi connectivity index (χ1) is 6.39. The Morgan fingerprint density at radius 3 is 2.29 bits per heavy atom. The van der Waals surface area contributed by atoms with Gasteiger partial charge in [0.2, 0.25) is 0 Å². The number of carbonyl (C=O) groups is 1. The Kier molecular flexibility index (Phi) is 3.57. The molecule has 1 heterocycles. The van der Waals surface area contributed by atoms with Gasteiger partial charge in [-0.25, -0.2) is 4.79 Å². The lowest BCUT2D eigenvalue weighted by Crippen LogP contribution is -2.40. The number of ether oxygens (including phenoxy) is 1. The van der Waals surface area contributed by atoms with Gasteiger partial charge in [-0.15, -0.1) is 0 Å². The second-order valence-corrected chi connectivity index (χ2v) is 5.49. The van der Waals surface area contributed by atoms with Crippen LogP contribution in [0, 0.1) is 0 Å². The third-order valence-electron chi connectivity index (χ3n) is 1.99. The summed E-state index contributed by atoms with van der Waals surface area (Å²) in [5.74, 6) is 0. The van der Waals surface area contributed by atoms with Crippen LogP contribution in [-0.2, 0) is 14.0 Å². The highest BCUT2D eigenvalue weighted by atomic mass is 35.7. The van der Waals surface area contributed by atoms with E-state index in [9.17, 15) is 13.2 Å². The predicted molar refractivity (Wildman–Crippen MR) is 50.0 cm³/mol. The molecule has 0 atom stereocenters. The minimum Gasteiger partial charge on any atom is -0.446 e. The van der Waals surface area contributed by atoms with E-state index < -0.39 is 15.3 Å². The van der Waals surface area contributed by atoms with Gasteiger partial charge >= 0.3 is 6.09 Å². The van der Waals surface area contributed by atoms with Gasteiger partial charge in [-0.3, -0.25) is 0 Å². The summed E-state index contributed by atoms with van der Waals surface area (Å²) in [4.78, 5) is 10.4. The van der Waals surface area contributed by atoms with Gasteiger partial charge in [0, 0.05) is 23.8 Å². The standard InChI is InChI=1S/C6H11ClN2O4S/c7-14(11,12)9-3-1-5(2-4-9)13-6(8)10/h5H,1-4H2,(H2,8,10). The summed E-state index contributed by atoms with van der Waals surface area (Å²) < 4.78 is 27.6. The molecular formula is C6H11ClN2O4S. The van der Waals surface area contributed by atoms with Crippen LogP contribution >= 0.6 is 10.7 Å². The zero-order valence-electron chi connectivity index (χ0n) is 7.35. The fourth-order valence-corrected chi connectivity index (χ4v) is 2.39. The van der Waals surface area contributed by atoms with Crippen LogP contribution in [0.3, 0.4) is 0 Å². The first-order valence-corrected chi connectivity index (χ1v) is 6.32. The number of nitrogens with two attached hydrogens (primary N) is 1. The Labute approximate surface area is 86.5 Å². The first-order valence-electron chi connectivity index (χ1n) is 4.05. The Morgan fingerprint density at radius 2 is 1.93 bits per heavy atom. The van der Waals surface area contributed by atoms with Gasteiger partial charge in [-0.2, -0.15) is 12.7 Å². The third-order valence-corrected chi connectivity index (χ3v) is 3.56. The molecule has 1 aliphatic rings. The van der Waals surface area contributed by atoms with Crippen molar-refractivity contribution in [2.24, 2.45) is 5.73 Å². The maximum Gasteiger partial charge on any atom is 0.404 e. The molecule has 6 nitrogen and oxygen atoms in total. The Balaban J connectivity index is 2.43. The molecule has 1 rings (SSSR count). The lowest BCUT2D eigenvalue weighted by atomic mass is 10.1. The van der Waals surface area contributed by atoms with E-state index in [1.54, 1.807) is 0 Å². The number of primary amides is 1. The molecule has 0 aromatic rings. The number of piperidine rings is 1. The molecule has 8 heteroatoms. The van der Waals surface area contributed by atoms with Crippen LogP contribution in [0.25, 0.3) is 0 Å². The molecule has 1 aliphatic heterocycles. The molecule has 82 valence electrons. The maximum absolute atomic E-state index is 10.9. The molecule has 0 bridgehead atoms. The van der Waals surface area contributed by atoms with E-state index >= 15 is 0 Å². The van der Waals surface area contributed by atoms with E-state index in [1.807, 2.05) is 0 Å². The van der Waals surface area contributed by atoms with Crippen molar-refractivity contribution in [2.75, 3.05) is 13.1 Å². The average Bonchev–Trinajstić information content (AvgIpc) is 2.02. The van der Waals surface area contributed by atoms with E-state index in [2.05, 4.69) is 0 Å². The molecule has 0 radical (unpaired) electrons. The van der Waals surface area contributed by atoms with Crippen LogP contribution < -0.4 is 5.73 Å². The Bertz CT molecular complexity index is 310. The summed E-state index contributed by atoms with van der Waals surface area (Å²) in [5, 5.41) is 0. The van der Waals surface area contributed by atoms with Crippen LogP contribution in [0.1, 0.15) is 12.8 Å². The van der Waals surface area contributed by atoms with Gasteiger partial charge in [-0.1, -0.05) is 0 Å². The van der Waals surface area contributed by atoms with Gasteiger partial charge in [0.15, 0.2) is 0 Å². The molecule has 0 aromatic heterocycles. The van der Waals surface area contributed by atoms with Crippen LogP contribution in [0.4, 0.5) is 4.79 Å². The largest absolute Gasteiger partial charge is 0.446 e. The summed E-state index contributed by atoms with van der Waals surface area (Å²) >= 11 is 0. The van der Waals surface area contributed by atoms with Crippen molar-refractivity contribution in [3.8, 4) is 0 Å². The van der Waals surface area contributed by atoms with Crippen molar-refractivity contribution in [1.82, 2.24) is 4.31 Å². The van der Waals surface area contributed by atoms with E-state index in [4.69, 9.17) is 21.2 Å². The van der Waals surface area contributed by atoms with E-state index in [-0.39, 0.29) is 19.2 Å². The highest BCUT2D eigenvalue weighted by molar-refractivity contribution is 8.11. The van der Waals surface area contributed by atoms with Crippen LogP contribution in [0.15, 0.2) is 0 Å². The quantitative estimate of drug-likeness (QED) is 0.692. The summed E-state index contributed by atoms with van der Waals surface area (Å²) in [6.45, 7) is 0.507. The molecule has 0 saturated carbocycles. The van der Waals surface area contributed by atoms with E-state index in [0.717, 1.165) is 4.31 Å². The molecular weight excluding hydrogens is 232 g/mol. The minimum absolute atomic E-state index is 0.254. The van der Waals surface area contributed by atoms with Gasteiger partial charge < -0.3 is 10.5 Å². The Morgan fingerprint density at radius 1 is 1.43 bits per heavy atom. The highest BCUT2D eigenvalue weighted by Gasteiger charge is 2.27. The number of halogens is 1. The van der Waals surface area contributed by atoms with E-state index in [1.165, 1.54) is 0 Å². The number of amides is 1. The predicted octanol–water partition coefficient (Wildman–Crippen LogP) is 0.0297. The summed E-state index contributed by atoms with van der Waals surface area (Å²) in [7, 11) is 1.49. The molecule has 1 amide bonds. The molecule has 1 saturated heterocycles. The number of hydrogen-bond acceptors (Lipinski definition) is 4.